The third kappa shape index (κ3) is 3.72. The van der Waals surface area contributed by atoms with Crippen molar-refractivity contribution >= 4 is 33.1 Å². The van der Waals surface area contributed by atoms with Crippen LogP contribution in [0.4, 0.5) is 4.39 Å². The Hall–Kier alpha value is -1.06. The van der Waals surface area contributed by atoms with Gasteiger partial charge < -0.3 is 4.74 Å². The Morgan fingerprint density at radius 3 is 2.83 bits per heavy atom. The Labute approximate surface area is 120 Å². The normalized spacial score (nSPS) is 11.9. The van der Waals surface area contributed by atoms with Crippen LogP contribution in [0, 0.1) is 5.82 Å². The highest BCUT2D eigenvalue weighted by atomic mass is 79.9. The first-order chi connectivity index (χ1) is 8.61. The fraction of sp³-hybridized carbons (Fsp3) is 0.143. The maximum absolute atomic E-state index is 13.9. The van der Waals surface area contributed by atoms with Gasteiger partial charge in [-0.1, -0.05) is 46.8 Å². The first-order valence-electron chi connectivity index (χ1n) is 5.22. The molecule has 0 aliphatic rings. The molecule has 1 aromatic carbocycles. The van der Waals surface area contributed by atoms with Gasteiger partial charge in [-0.05, 0) is 12.1 Å². The number of hydrogen-bond donors (Lipinski definition) is 0. The third-order valence-electron chi connectivity index (χ3n) is 2.27. The molecule has 0 unspecified atom stereocenters. The lowest BCUT2D eigenvalue weighted by Gasteiger charge is -2.12. The van der Waals surface area contributed by atoms with E-state index in [4.69, 9.17) is 16.3 Å². The summed E-state index contributed by atoms with van der Waals surface area (Å²) in [7, 11) is 1.50. The molecule has 0 aromatic heterocycles. The van der Waals surface area contributed by atoms with Gasteiger partial charge in [-0.15, -0.1) is 11.6 Å². The monoisotopic (exact) mass is 330 g/mol. The average molecular weight is 332 g/mol. The van der Waals surface area contributed by atoms with Crippen LogP contribution in [0.5, 0.6) is 0 Å². The summed E-state index contributed by atoms with van der Waals surface area (Å²) >= 11 is 8.88. The van der Waals surface area contributed by atoms with E-state index in [-0.39, 0.29) is 5.82 Å². The van der Waals surface area contributed by atoms with Crippen molar-refractivity contribution in [2.45, 2.75) is 0 Å². The van der Waals surface area contributed by atoms with Gasteiger partial charge in [0.05, 0.1) is 7.11 Å². The fourth-order valence-corrected chi connectivity index (χ4v) is 2.05. The quantitative estimate of drug-likeness (QED) is 0.422. The van der Waals surface area contributed by atoms with Crippen molar-refractivity contribution < 1.29 is 9.13 Å². The summed E-state index contributed by atoms with van der Waals surface area (Å²) < 4.78 is 19.6. The molecule has 0 N–H and O–H groups in total. The maximum Gasteiger partial charge on any atom is 0.132 e. The minimum atomic E-state index is -0.340. The fourth-order valence-electron chi connectivity index (χ4n) is 1.40. The van der Waals surface area contributed by atoms with Gasteiger partial charge in [-0.25, -0.2) is 4.39 Å². The SMILES string of the molecule is C=C(OC)/C(=C\C=C/CCl)c1c(F)cccc1Br. The molecular weight excluding hydrogens is 319 g/mol. The van der Waals surface area contributed by atoms with Crippen LogP contribution in [0.3, 0.4) is 0 Å². The zero-order chi connectivity index (χ0) is 13.5. The van der Waals surface area contributed by atoms with Gasteiger partial charge >= 0.3 is 0 Å². The van der Waals surface area contributed by atoms with E-state index in [2.05, 4.69) is 22.5 Å². The number of hydrogen-bond acceptors (Lipinski definition) is 1. The molecule has 0 aliphatic carbocycles. The second-order valence-corrected chi connectivity index (χ2v) is 4.55. The molecule has 1 rings (SSSR count). The Morgan fingerprint density at radius 1 is 1.56 bits per heavy atom. The number of halogens is 3. The molecule has 1 nitrogen and oxygen atoms in total. The zero-order valence-electron chi connectivity index (χ0n) is 9.92. The third-order valence-corrected chi connectivity index (χ3v) is 3.11. The predicted molar refractivity (Wildman–Crippen MR) is 78.1 cm³/mol. The van der Waals surface area contributed by atoms with Gasteiger partial charge in [0.1, 0.15) is 11.6 Å². The Balaban J connectivity index is 3.31. The second kappa shape index (κ2) is 7.39. The highest BCUT2D eigenvalue weighted by molar-refractivity contribution is 9.10. The summed E-state index contributed by atoms with van der Waals surface area (Å²) in [6.07, 6.45) is 5.21. The largest absolute Gasteiger partial charge is 0.497 e. The van der Waals surface area contributed by atoms with Crippen LogP contribution in [0.15, 0.2) is 53.2 Å². The molecule has 96 valence electrons. The summed E-state index contributed by atoms with van der Waals surface area (Å²) in [5.74, 6) is 0.440. The number of allylic oxidation sites excluding steroid dienone is 4. The van der Waals surface area contributed by atoms with E-state index < -0.39 is 0 Å². The zero-order valence-corrected chi connectivity index (χ0v) is 12.3. The topological polar surface area (TPSA) is 9.23 Å². The molecule has 0 saturated carbocycles. The van der Waals surface area contributed by atoms with Crippen molar-refractivity contribution in [3.05, 3.63) is 64.6 Å². The van der Waals surface area contributed by atoms with Crippen LogP contribution in [-0.2, 0) is 4.74 Å². The highest BCUT2D eigenvalue weighted by Gasteiger charge is 2.14. The Bertz CT molecular complexity index is 474. The van der Waals surface area contributed by atoms with Crippen molar-refractivity contribution in [2.75, 3.05) is 13.0 Å². The maximum atomic E-state index is 13.9. The van der Waals surface area contributed by atoms with Gasteiger partial charge in [0.25, 0.3) is 0 Å². The van der Waals surface area contributed by atoms with E-state index in [1.807, 2.05) is 0 Å². The van der Waals surface area contributed by atoms with E-state index >= 15 is 0 Å². The molecule has 0 fully saturated rings. The molecule has 0 spiro atoms. The summed E-state index contributed by atoms with van der Waals surface area (Å²) in [4.78, 5) is 0. The van der Waals surface area contributed by atoms with E-state index in [1.54, 1.807) is 30.4 Å². The number of benzene rings is 1. The number of alkyl halides is 1. The van der Waals surface area contributed by atoms with Gasteiger partial charge in [-0.2, -0.15) is 0 Å². The van der Waals surface area contributed by atoms with Crippen LogP contribution in [-0.4, -0.2) is 13.0 Å². The van der Waals surface area contributed by atoms with Gasteiger partial charge in [0, 0.05) is 21.5 Å². The summed E-state index contributed by atoms with van der Waals surface area (Å²) in [5, 5.41) is 0. The summed E-state index contributed by atoms with van der Waals surface area (Å²) in [5.41, 5.74) is 0.993. The molecular formula is C14H13BrClFO. The first-order valence-corrected chi connectivity index (χ1v) is 6.55. The van der Waals surface area contributed by atoms with E-state index in [1.165, 1.54) is 13.2 Å². The van der Waals surface area contributed by atoms with Crippen molar-refractivity contribution in [3.63, 3.8) is 0 Å². The smallest absolute Gasteiger partial charge is 0.132 e. The van der Waals surface area contributed by atoms with Gasteiger partial charge in [0.2, 0.25) is 0 Å². The van der Waals surface area contributed by atoms with Crippen molar-refractivity contribution in [3.8, 4) is 0 Å². The molecule has 0 radical (unpaired) electrons. The van der Waals surface area contributed by atoms with Crippen LogP contribution in [0.2, 0.25) is 0 Å². The number of ether oxygens (including phenoxy) is 1. The van der Waals surface area contributed by atoms with Crippen LogP contribution in [0.25, 0.3) is 5.57 Å². The molecule has 18 heavy (non-hydrogen) atoms. The van der Waals surface area contributed by atoms with E-state index in [0.29, 0.717) is 27.2 Å². The molecule has 0 aliphatic heterocycles. The predicted octanol–water partition coefficient (Wildman–Crippen LogP) is 4.93. The van der Waals surface area contributed by atoms with Crippen LogP contribution >= 0.6 is 27.5 Å². The lowest BCUT2D eigenvalue weighted by Crippen LogP contribution is -1.96. The Kier molecular flexibility index (Phi) is 6.16. The first kappa shape index (κ1) is 15.0. The average Bonchev–Trinajstić information content (AvgIpc) is 2.36. The lowest BCUT2D eigenvalue weighted by molar-refractivity contribution is 0.312. The van der Waals surface area contributed by atoms with Gasteiger partial charge in [0.15, 0.2) is 0 Å². The van der Waals surface area contributed by atoms with Crippen molar-refractivity contribution in [1.82, 2.24) is 0 Å². The molecule has 1 aromatic rings. The van der Waals surface area contributed by atoms with Crippen molar-refractivity contribution in [2.24, 2.45) is 0 Å². The van der Waals surface area contributed by atoms with E-state index in [0.717, 1.165) is 0 Å². The van der Waals surface area contributed by atoms with Gasteiger partial charge in [-0.3, -0.25) is 0 Å². The molecule has 0 bridgehead atoms. The number of rotatable bonds is 5. The minimum absolute atomic E-state index is 0.340. The van der Waals surface area contributed by atoms with E-state index in [9.17, 15) is 4.39 Å². The van der Waals surface area contributed by atoms with Crippen LogP contribution < -0.4 is 0 Å². The molecule has 0 amide bonds. The molecule has 4 heteroatoms. The molecule has 0 atom stereocenters. The van der Waals surface area contributed by atoms with Crippen LogP contribution in [0.1, 0.15) is 5.56 Å². The minimum Gasteiger partial charge on any atom is -0.497 e. The highest BCUT2D eigenvalue weighted by Crippen LogP contribution is 2.31. The molecule has 0 saturated heterocycles. The number of methoxy groups -OCH3 is 1. The summed E-state index contributed by atoms with van der Waals surface area (Å²) in [6.45, 7) is 3.77. The summed E-state index contributed by atoms with van der Waals surface area (Å²) in [6, 6.07) is 4.79. The lowest BCUT2D eigenvalue weighted by atomic mass is 10.0. The second-order valence-electron chi connectivity index (χ2n) is 3.39. The Morgan fingerprint density at radius 2 is 2.28 bits per heavy atom. The standard InChI is InChI=1S/C14H13BrClFO/c1-10(18-2)11(6-3-4-9-16)14-12(15)7-5-8-13(14)17/h3-8H,1,9H2,2H3/b4-3-,11-6+. The van der Waals surface area contributed by atoms with Crippen molar-refractivity contribution in [1.29, 1.82) is 0 Å². The molecule has 0 heterocycles.